The fourth-order valence-electron chi connectivity index (χ4n) is 3.66. The van der Waals surface area contributed by atoms with Gasteiger partial charge in [-0.25, -0.2) is 0 Å². The largest absolute Gasteiger partial charge is 0.379 e. The molecule has 4 nitrogen and oxygen atoms in total. The van der Waals surface area contributed by atoms with Gasteiger partial charge in [0.25, 0.3) is 5.56 Å². The lowest BCUT2D eigenvalue weighted by atomic mass is 9.94. The van der Waals surface area contributed by atoms with Crippen molar-refractivity contribution < 1.29 is 4.74 Å². The molecule has 0 spiro atoms. The molecule has 4 rings (SSSR count). The Bertz CT molecular complexity index is 825. The van der Waals surface area contributed by atoms with Gasteiger partial charge in [0.2, 0.25) is 0 Å². The number of ether oxygens (including phenoxy) is 1. The van der Waals surface area contributed by atoms with Crippen LogP contribution < -0.4 is 5.56 Å². The van der Waals surface area contributed by atoms with Crippen LogP contribution in [-0.2, 0) is 23.1 Å². The highest BCUT2D eigenvalue weighted by Crippen LogP contribution is 2.35. The number of rotatable bonds is 1. The van der Waals surface area contributed by atoms with Gasteiger partial charge in [-0.2, -0.15) is 0 Å². The summed E-state index contributed by atoms with van der Waals surface area (Å²) in [5.41, 5.74) is 0.992. The second-order valence-electron chi connectivity index (χ2n) is 6.29. The molecule has 2 aromatic rings. The van der Waals surface area contributed by atoms with Crippen molar-refractivity contribution >= 4 is 33.8 Å². The van der Waals surface area contributed by atoms with E-state index in [0.29, 0.717) is 11.4 Å². The molecule has 1 aliphatic heterocycles. The molecule has 0 saturated carbocycles. The van der Waals surface area contributed by atoms with Crippen LogP contribution in [0.3, 0.4) is 0 Å². The number of thiophene rings is 1. The van der Waals surface area contributed by atoms with Crippen molar-refractivity contribution in [3.63, 3.8) is 0 Å². The summed E-state index contributed by atoms with van der Waals surface area (Å²) in [6, 6.07) is 0. The lowest BCUT2D eigenvalue weighted by Crippen LogP contribution is -2.45. The first-order valence-corrected chi connectivity index (χ1v) is 8.70. The summed E-state index contributed by atoms with van der Waals surface area (Å²) in [6.07, 6.45) is 5.17. The van der Waals surface area contributed by atoms with Gasteiger partial charge in [0.05, 0.1) is 17.5 Å². The third-order valence-corrected chi connectivity index (χ3v) is 6.21. The van der Waals surface area contributed by atoms with E-state index in [-0.39, 0.29) is 11.1 Å². The van der Waals surface area contributed by atoms with Crippen molar-refractivity contribution in [1.29, 1.82) is 0 Å². The number of aromatic nitrogens is 2. The lowest BCUT2D eigenvalue weighted by Gasteiger charge is -2.35. The van der Waals surface area contributed by atoms with E-state index in [0.717, 1.165) is 48.9 Å². The minimum Gasteiger partial charge on any atom is -0.379 e. The number of H-pyrrole nitrogens is 1. The normalized spacial score (nSPS) is 25.4. The van der Waals surface area contributed by atoms with Crippen LogP contribution in [0, 0.1) is 4.77 Å². The van der Waals surface area contributed by atoms with Crippen molar-refractivity contribution in [2.24, 2.45) is 0 Å². The minimum atomic E-state index is -0.329. The quantitative estimate of drug-likeness (QED) is 0.821. The molecule has 1 fully saturated rings. The van der Waals surface area contributed by atoms with Gasteiger partial charge in [0.1, 0.15) is 4.83 Å². The zero-order valence-electron chi connectivity index (χ0n) is 12.0. The predicted molar refractivity (Wildman–Crippen MR) is 87.0 cm³/mol. The molecular weight excluding hydrogens is 304 g/mol. The summed E-state index contributed by atoms with van der Waals surface area (Å²) in [5.74, 6) is 0. The molecular formula is C15H18N2O2S2. The van der Waals surface area contributed by atoms with E-state index in [1.54, 1.807) is 15.9 Å². The van der Waals surface area contributed by atoms with Crippen molar-refractivity contribution in [1.82, 2.24) is 9.55 Å². The number of aryl methyl sites for hydroxylation is 2. The van der Waals surface area contributed by atoms with Crippen LogP contribution in [-0.4, -0.2) is 22.8 Å². The summed E-state index contributed by atoms with van der Waals surface area (Å²) >= 11 is 7.19. The van der Waals surface area contributed by atoms with Gasteiger partial charge < -0.3 is 9.72 Å². The molecule has 0 radical (unpaired) electrons. The van der Waals surface area contributed by atoms with Crippen LogP contribution in [0.5, 0.6) is 0 Å². The maximum atomic E-state index is 13.1. The smallest absolute Gasteiger partial charge is 0.263 e. The Hall–Kier alpha value is -0.980. The van der Waals surface area contributed by atoms with E-state index in [2.05, 4.69) is 11.9 Å². The van der Waals surface area contributed by atoms with Gasteiger partial charge in [-0.3, -0.25) is 9.36 Å². The van der Waals surface area contributed by atoms with Gasteiger partial charge in [-0.15, -0.1) is 11.3 Å². The summed E-state index contributed by atoms with van der Waals surface area (Å²) in [6.45, 7) is 3.41. The zero-order chi connectivity index (χ0) is 14.6. The van der Waals surface area contributed by atoms with Crippen molar-refractivity contribution in [2.45, 2.75) is 44.6 Å². The molecule has 0 amide bonds. The van der Waals surface area contributed by atoms with E-state index in [1.165, 1.54) is 10.4 Å². The van der Waals surface area contributed by atoms with Crippen LogP contribution in [0.25, 0.3) is 10.2 Å². The fraction of sp³-hybridized carbons (Fsp3) is 0.600. The lowest BCUT2D eigenvalue weighted by molar-refractivity contribution is 0.00692. The number of aromatic amines is 1. The van der Waals surface area contributed by atoms with Gasteiger partial charge in [-0.05, 0) is 56.8 Å². The number of hydrogen-bond donors (Lipinski definition) is 1. The highest BCUT2D eigenvalue weighted by atomic mass is 32.1. The highest BCUT2D eigenvalue weighted by Gasteiger charge is 2.33. The van der Waals surface area contributed by atoms with E-state index >= 15 is 0 Å². The van der Waals surface area contributed by atoms with Crippen LogP contribution >= 0.6 is 23.6 Å². The average Bonchev–Trinajstić information content (AvgIpc) is 2.98. The molecule has 21 heavy (non-hydrogen) atoms. The highest BCUT2D eigenvalue weighted by molar-refractivity contribution is 7.71. The molecule has 0 aromatic carbocycles. The Morgan fingerprint density at radius 2 is 2.24 bits per heavy atom. The van der Waals surface area contributed by atoms with E-state index < -0.39 is 0 Å². The Labute approximate surface area is 131 Å². The standard InChI is InChI=1S/C15H18N2O2S2/c1-15(6-3-7-19-8-15)17-13(18)11-9-4-2-5-10(9)21-12(11)16-14(17)20/h2-8H2,1H3,(H,16,20). The molecule has 2 aliphatic rings. The topological polar surface area (TPSA) is 47.0 Å². The molecule has 1 atom stereocenters. The Morgan fingerprint density at radius 3 is 3.00 bits per heavy atom. The molecule has 1 saturated heterocycles. The monoisotopic (exact) mass is 322 g/mol. The molecule has 0 bridgehead atoms. The van der Waals surface area contributed by atoms with E-state index in [9.17, 15) is 4.79 Å². The molecule has 1 aliphatic carbocycles. The van der Waals surface area contributed by atoms with Gasteiger partial charge in [-0.1, -0.05) is 0 Å². The first kappa shape index (κ1) is 13.7. The number of fused-ring (bicyclic) bond motifs is 3. The van der Waals surface area contributed by atoms with Gasteiger partial charge >= 0.3 is 0 Å². The third kappa shape index (κ3) is 1.96. The number of hydrogen-bond acceptors (Lipinski definition) is 4. The van der Waals surface area contributed by atoms with Crippen LogP contribution in [0.15, 0.2) is 4.79 Å². The summed E-state index contributed by atoms with van der Waals surface area (Å²) in [4.78, 5) is 18.7. The Balaban J connectivity index is 2.01. The first-order valence-electron chi connectivity index (χ1n) is 7.48. The number of nitrogens with zero attached hydrogens (tertiary/aromatic N) is 1. The number of nitrogens with one attached hydrogen (secondary N) is 1. The maximum Gasteiger partial charge on any atom is 0.263 e. The fourth-order valence-corrected chi connectivity index (χ4v) is 5.41. The van der Waals surface area contributed by atoms with Crippen LogP contribution in [0.1, 0.15) is 36.6 Å². The van der Waals surface area contributed by atoms with E-state index in [1.807, 2.05) is 0 Å². The maximum absolute atomic E-state index is 13.1. The molecule has 1 unspecified atom stereocenters. The minimum absolute atomic E-state index is 0.0705. The summed E-state index contributed by atoms with van der Waals surface area (Å²) in [5, 5.41) is 0.868. The Morgan fingerprint density at radius 1 is 1.38 bits per heavy atom. The van der Waals surface area contributed by atoms with Crippen molar-refractivity contribution in [3.05, 3.63) is 25.6 Å². The summed E-state index contributed by atoms with van der Waals surface area (Å²) in [7, 11) is 0. The molecule has 3 heterocycles. The average molecular weight is 322 g/mol. The molecule has 6 heteroatoms. The van der Waals surface area contributed by atoms with Gasteiger partial charge in [0.15, 0.2) is 4.77 Å². The predicted octanol–water partition coefficient (Wildman–Crippen LogP) is 3.13. The second-order valence-corrected chi connectivity index (χ2v) is 7.78. The second kappa shape index (κ2) is 4.76. The van der Waals surface area contributed by atoms with Crippen molar-refractivity contribution in [2.75, 3.05) is 13.2 Å². The van der Waals surface area contributed by atoms with Crippen LogP contribution in [0.2, 0.25) is 0 Å². The van der Waals surface area contributed by atoms with Gasteiger partial charge in [0, 0.05) is 11.5 Å². The van der Waals surface area contributed by atoms with Crippen LogP contribution in [0.4, 0.5) is 0 Å². The van der Waals surface area contributed by atoms with E-state index in [4.69, 9.17) is 17.0 Å². The zero-order valence-corrected chi connectivity index (χ0v) is 13.7. The third-order valence-electron chi connectivity index (χ3n) is 4.72. The van der Waals surface area contributed by atoms with Crippen molar-refractivity contribution in [3.8, 4) is 0 Å². The molecule has 1 N–H and O–H groups in total. The molecule has 112 valence electrons. The SMILES string of the molecule is CC1(n2c(=S)[nH]c3sc4c(c3c2=O)CCC4)CCCOC1. The first-order chi connectivity index (χ1) is 10.1. The Kier molecular flexibility index (Phi) is 3.10. The summed E-state index contributed by atoms with van der Waals surface area (Å²) < 4.78 is 7.92. The molecule has 2 aromatic heterocycles.